The van der Waals surface area contributed by atoms with Crippen molar-refractivity contribution in [2.75, 3.05) is 6.26 Å². The van der Waals surface area contributed by atoms with Gasteiger partial charge in [-0.05, 0) is 22.2 Å². The van der Waals surface area contributed by atoms with Crippen LogP contribution in [0.4, 0.5) is 0 Å². The van der Waals surface area contributed by atoms with Gasteiger partial charge in [-0.2, -0.15) is 0 Å². The van der Waals surface area contributed by atoms with Gasteiger partial charge in [-0.25, -0.2) is 9.97 Å². The molecule has 2 rings (SSSR count). The summed E-state index contributed by atoms with van der Waals surface area (Å²) >= 11 is 4.77. The zero-order chi connectivity index (χ0) is 8.55. The molecule has 0 atom stereocenters. The summed E-state index contributed by atoms with van der Waals surface area (Å²) in [5, 5.41) is 0.665. The highest BCUT2D eigenvalue weighted by molar-refractivity contribution is 9.10. The number of oxazole rings is 1. The van der Waals surface area contributed by atoms with E-state index in [1.807, 2.05) is 6.26 Å². The summed E-state index contributed by atoms with van der Waals surface area (Å²) in [6.45, 7) is 0. The van der Waals surface area contributed by atoms with E-state index in [0.29, 0.717) is 5.22 Å². The van der Waals surface area contributed by atoms with Gasteiger partial charge in [0.05, 0.1) is 0 Å². The average Bonchev–Trinajstić information content (AvgIpc) is 2.49. The Balaban J connectivity index is 2.74. The molecule has 2 aromatic rings. The van der Waals surface area contributed by atoms with Crippen LogP contribution in [-0.4, -0.2) is 16.2 Å². The zero-order valence-electron chi connectivity index (χ0n) is 6.24. The standard InChI is InChI=1S/C7H5BrN2OS/c1-12-7-10-5-4(11-7)2-3-9-6(5)8/h2-3H,1H3. The lowest BCUT2D eigenvalue weighted by molar-refractivity contribution is 0.490. The van der Waals surface area contributed by atoms with Crippen molar-refractivity contribution in [3.8, 4) is 0 Å². The van der Waals surface area contributed by atoms with E-state index in [1.54, 1.807) is 12.3 Å². The largest absolute Gasteiger partial charge is 0.431 e. The molecule has 2 heterocycles. The number of fused-ring (bicyclic) bond motifs is 1. The summed E-state index contributed by atoms with van der Waals surface area (Å²) in [5.74, 6) is 0. The molecule has 0 unspecified atom stereocenters. The first-order valence-corrected chi connectivity index (χ1v) is 5.28. The van der Waals surface area contributed by atoms with Gasteiger partial charge in [0, 0.05) is 12.3 Å². The van der Waals surface area contributed by atoms with Crippen LogP contribution in [0.15, 0.2) is 26.5 Å². The van der Waals surface area contributed by atoms with Crippen LogP contribution in [0.25, 0.3) is 11.1 Å². The topological polar surface area (TPSA) is 38.9 Å². The summed E-state index contributed by atoms with van der Waals surface area (Å²) in [6, 6.07) is 1.80. The second-order valence-corrected chi connectivity index (χ2v) is 3.64. The first-order chi connectivity index (χ1) is 5.81. The molecule has 0 fully saturated rings. The number of aromatic nitrogens is 2. The van der Waals surface area contributed by atoms with Crippen LogP contribution in [0.3, 0.4) is 0 Å². The van der Waals surface area contributed by atoms with Crippen molar-refractivity contribution >= 4 is 38.8 Å². The number of rotatable bonds is 1. The van der Waals surface area contributed by atoms with Crippen molar-refractivity contribution < 1.29 is 4.42 Å². The second-order valence-electron chi connectivity index (χ2n) is 2.13. The Hall–Kier alpha value is -0.550. The van der Waals surface area contributed by atoms with Crippen LogP contribution in [0.2, 0.25) is 0 Å². The quantitative estimate of drug-likeness (QED) is 0.572. The molecule has 0 bridgehead atoms. The normalized spacial score (nSPS) is 10.8. The molecule has 0 aromatic carbocycles. The molecule has 5 heteroatoms. The molecular weight excluding hydrogens is 240 g/mol. The van der Waals surface area contributed by atoms with Crippen molar-refractivity contribution in [1.29, 1.82) is 0 Å². The number of thioether (sulfide) groups is 1. The molecule has 0 aliphatic carbocycles. The maximum atomic E-state index is 5.38. The summed E-state index contributed by atoms with van der Waals surface area (Å²) in [6.07, 6.45) is 3.60. The highest BCUT2D eigenvalue weighted by Crippen LogP contribution is 2.25. The molecule has 2 aromatic heterocycles. The Morgan fingerprint density at radius 3 is 3.08 bits per heavy atom. The molecule has 0 amide bonds. The first kappa shape index (κ1) is 8.07. The van der Waals surface area contributed by atoms with E-state index < -0.39 is 0 Å². The van der Waals surface area contributed by atoms with E-state index in [0.717, 1.165) is 15.7 Å². The molecular formula is C7H5BrN2OS. The Morgan fingerprint density at radius 1 is 1.58 bits per heavy atom. The minimum atomic E-state index is 0.665. The fourth-order valence-corrected chi connectivity index (χ4v) is 1.65. The second kappa shape index (κ2) is 3.06. The summed E-state index contributed by atoms with van der Waals surface area (Å²) < 4.78 is 6.11. The van der Waals surface area contributed by atoms with Gasteiger partial charge < -0.3 is 4.42 Å². The lowest BCUT2D eigenvalue weighted by atomic mass is 10.4. The van der Waals surface area contributed by atoms with Crippen molar-refractivity contribution in [1.82, 2.24) is 9.97 Å². The third-order valence-corrected chi connectivity index (χ3v) is 2.52. The number of pyridine rings is 1. The van der Waals surface area contributed by atoms with Gasteiger partial charge in [0.2, 0.25) is 0 Å². The summed E-state index contributed by atoms with van der Waals surface area (Å²) in [7, 11) is 0. The van der Waals surface area contributed by atoms with Gasteiger partial charge in [-0.3, -0.25) is 0 Å². The van der Waals surface area contributed by atoms with E-state index in [1.165, 1.54) is 11.8 Å². The van der Waals surface area contributed by atoms with E-state index in [4.69, 9.17) is 4.42 Å². The third-order valence-electron chi connectivity index (χ3n) is 1.42. The monoisotopic (exact) mass is 244 g/mol. The van der Waals surface area contributed by atoms with Crippen molar-refractivity contribution in [2.24, 2.45) is 0 Å². The van der Waals surface area contributed by atoms with Gasteiger partial charge >= 0.3 is 0 Å². The molecule has 0 aliphatic rings. The number of hydrogen-bond acceptors (Lipinski definition) is 4. The Bertz CT molecular complexity index is 415. The van der Waals surface area contributed by atoms with E-state index in [2.05, 4.69) is 25.9 Å². The lowest BCUT2D eigenvalue weighted by Gasteiger charge is -1.86. The SMILES string of the molecule is CSc1nc2c(Br)nccc2o1. The van der Waals surface area contributed by atoms with Crippen molar-refractivity contribution in [2.45, 2.75) is 5.22 Å². The minimum absolute atomic E-state index is 0.665. The molecule has 0 N–H and O–H groups in total. The molecule has 0 aliphatic heterocycles. The molecule has 0 spiro atoms. The fourth-order valence-electron chi connectivity index (χ4n) is 0.891. The third kappa shape index (κ3) is 1.23. The van der Waals surface area contributed by atoms with Crippen LogP contribution in [-0.2, 0) is 0 Å². The van der Waals surface area contributed by atoms with Gasteiger partial charge in [0.1, 0.15) is 10.1 Å². The van der Waals surface area contributed by atoms with Crippen molar-refractivity contribution in [3.05, 3.63) is 16.9 Å². The predicted molar refractivity (Wildman–Crippen MR) is 51.3 cm³/mol. The molecule has 62 valence electrons. The van der Waals surface area contributed by atoms with Crippen LogP contribution in [0, 0.1) is 0 Å². The molecule has 3 nitrogen and oxygen atoms in total. The summed E-state index contributed by atoms with van der Waals surface area (Å²) in [5.41, 5.74) is 1.54. The van der Waals surface area contributed by atoms with Crippen molar-refractivity contribution in [3.63, 3.8) is 0 Å². The van der Waals surface area contributed by atoms with Gasteiger partial charge in [0.25, 0.3) is 5.22 Å². The molecule has 0 saturated carbocycles. The molecule has 12 heavy (non-hydrogen) atoms. The Morgan fingerprint density at radius 2 is 2.42 bits per heavy atom. The number of nitrogens with zero attached hydrogens (tertiary/aromatic N) is 2. The number of hydrogen-bond donors (Lipinski definition) is 0. The van der Waals surface area contributed by atoms with Gasteiger partial charge in [0.15, 0.2) is 5.58 Å². The minimum Gasteiger partial charge on any atom is -0.431 e. The first-order valence-electron chi connectivity index (χ1n) is 3.26. The van der Waals surface area contributed by atoms with Gasteiger partial charge in [-0.1, -0.05) is 11.8 Å². The van der Waals surface area contributed by atoms with Gasteiger partial charge in [-0.15, -0.1) is 0 Å². The van der Waals surface area contributed by atoms with E-state index in [9.17, 15) is 0 Å². The van der Waals surface area contributed by atoms with Crippen LogP contribution < -0.4 is 0 Å². The van der Waals surface area contributed by atoms with E-state index in [-0.39, 0.29) is 0 Å². The Labute approximate surface area is 81.7 Å². The van der Waals surface area contributed by atoms with Crippen LogP contribution in [0.1, 0.15) is 0 Å². The smallest absolute Gasteiger partial charge is 0.256 e. The van der Waals surface area contributed by atoms with Crippen LogP contribution in [0.5, 0.6) is 0 Å². The Kier molecular flexibility index (Phi) is 2.06. The number of halogens is 1. The lowest BCUT2D eigenvalue weighted by Crippen LogP contribution is -1.75. The zero-order valence-corrected chi connectivity index (χ0v) is 8.65. The predicted octanol–water partition coefficient (Wildman–Crippen LogP) is 2.71. The van der Waals surface area contributed by atoms with E-state index >= 15 is 0 Å². The highest BCUT2D eigenvalue weighted by Gasteiger charge is 2.07. The maximum absolute atomic E-state index is 5.38. The average molecular weight is 245 g/mol. The molecule has 0 saturated heterocycles. The highest BCUT2D eigenvalue weighted by atomic mass is 79.9. The fraction of sp³-hybridized carbons (Fsp3) is 0.143. The maximum Gasteiger partial charge on any atom is 0.256 e. The summed E-state index contributed by atoms with van der Waals surface area (Å²) in [4.78, 5) is 8.26. The molecule has 0 radical (unpaired) electrons. The van der Waals surface area contributed by atoms with Crippen LogP contribution >= 0.6 is 27.7 Å².